The number of carbonyl (C=O) groups is 1. The van der Waals surface area contributed by atoms with Crippen LogP contribution in [0.1, 0.15) is 22.5 Å². The first-order chi connectivity index (χ1) is 9.74. The standard InChI is InChI=1S/C14H16N2O2S2/c15-11-7-2-1-4-18-13(7)12(11)16-14(17)10-6-9-8(20-10)3-5-19-9/h3,5-7,11-13H,1-2,4,15H2,(H,16,17). The van der Waals surface area contributed by atoms with Crippen LogP contribution in [0.2, 0.25) is 0 Å². The zero-order chi connectivity index (χ0) is 13.7. The topological polar surface area (TPSA) is 64.3 Å². The van der Waals surface area contributed by atoms with Crippen LogP contribution in [0.25, 0.3) is 9.40 Å². The van der Waals surface area contributed by atoms with Crippen LogP contribution in [0.4, 0.5) is 0 Å². The first-order valence-electron chi connectivity index (χ1n) is 6.89. The van der Waals surface area contributed by atoms with Gasteiger partial charge < -0.3 is 15.8 Å². The largest absolute Gasteiger partial charge is 0.376 e. The molecule has 20 heavy (non-hydrogen) atoms. The van der Waals surface area contributed by atoms with Crippen LogP contribution in [0, 0.1) is 5.92 Å². The highest BCUT2D eigenvalue weighted by molar-refractivity contribution is 7.27. The number of nitrogens with one attached hydrogen (secondary N) is 1. The molecule has 2 fully saturated rings. The summed E-state index contributed by atoms with van der Waals surface area (Å²) in [6, 6.07) is 4.01. The van der Waals surface area contributed by atoms with E-state index in [9.17, 15) is 4.79 Å². The number of nitrogens with two attached hydrogens (primary N) is 1. The fraction of sp³-hybridized carbons (Fsp3) is 0.500. The van der Waals surface area contributed by atoms with Crippen LogP contribution in [0.3, 0.4) is 0 Å². The molecule has 3 N–H and O–H groups in total. The smallest absolute Gasteiger partial charge is 0.261 e. The van der Waals surface area contributed by atoms with Crippen molar-refractivity contribution < 1.29 is 9.53 Å². The number of fused-ring (bicyclic) bond motifs is 2. The van der Waals surface area contributed by atoms with Crippen LogP contribution < -0.4 is 11.1 Å². The summed E-state index contributed by atoms with van der Waals surface area (Å²) in [5.74, 6) is 0.396. The van der Waals surface area contributed by atoms with Gasteiger partial charge in [0.25, 0.3) is 5.91 Å². The summed E-state index contributed by atoms with van der Waals surface area (Å²) in [6.07, 6.45) is 2.31. The van der Waals surface area contributed by atoms with E-state index >= 15 is 0 Å². The first-order valence-corrected chi connectivity index (χ1v) is 8.59. The number of carbonyl (C=O) groups excluding carboxylic acids is 1. The Hall–Kier alpha value is -0.950. The molecule has 1 aliphatic heterocycles. The Morgan fingerprint density at radius 1 is 1.45 bits per heavy atom. The highest BCUT2D eigenvalue weighted by Gasteiger charge is 2.51. The Balaban J connectivity index is 1.48. The van der Waals surface area contributed by atoms with Crippen LogP contribution >= 0.6 is 22.7 Å². The van der Waals surface area contributed by atoms with E-state index in [1.807, 2.05) is 11.4 Å². The molecule has 0 bridgehead atoms. The second kappa shape index (κ2) is 4.80. The van der Waals surface area contributed by atoms with Crippen molar-refractivity contribution in [3.8, 4) is 0 Å². The molecule has 6 heteroatoms. The molecule has 1 aliphatic carbocycles. The summed E-state index contributed by atoms with van der Waals surface area (Å²) in [5, 5.41) is 5.11. The predicted molar refractivity (Wildman–Crippen MR) is 81.4 cm³/mol. The molecule has 0 aromatic carbocycles. The van der Waals surface area contributed by atoms with Gasteiger partial charge in [-0.15, -0.1) is 22.7 Å². The molecule has 106 valence electrons. The Morgan fingerprint density at radius 3 is 3.20 bits per heavy atom. The van der Waals surface area contributed by atoms with Gasteiger partial charge in [-0.25, -0.2) is 0 Å². The molecule has 2 aromatic heterocycles. The second-order valence-corrected chi connectivity index (χ2v) is 7.51. The quantitative estimate of drug-likeness (QED) is 0.894. The Bertz CT molecular complexity index is 622. The minimum Gasteiger partial charge on any atom is -0.376 e. The van der Waals surface area contributed by atoms with E-state index in [0.29, 0.717) is 5.92 Å². The average Bonchev–Trinajstić information content (AvgIpc) is 3.05. The van der Waals surface area contributed by atoms with Crippen molar-refractivity contribution in [3.05, 3.63) is 22.4 Å². The van der Waals surface area contributed by atoms with Crippen LogP contribution in [0.5, 0.6) is 0 Å². The lowest BCUT2D eigenvalue weighted by Crippen LogP contribution is -2.72. The average molecular weight is 308 g/mol. The van der Waals surface area contributed by atoms with Gasteiger partial charge in [-0.3, -0.25) is 4.79 Å². The third kappa shape index (κ3) is 1.90. The normalized spacial score (nSPS) is 32.6. The third-order valence-electron chi connectivity index (χ3n) is 4.34. The number of thiophene rings is 2. The van der Waals surface area contributed by atoms with E-state index in [4.69, 9.17) is 10.5 Å². The summed E-state index contributed by atoms with van der Waals surface area (Å²) in [4.78, 5) is 13.1. The van der Waals surface area contributed by atoms with Crippen molar-refractivity contribution in [3.63, 3.8) is 0 Å². The van der Waals surface area contributed by atoms with Gasteiger partial charge in [0.05, 0.1) is 17.0 Å². The van der Waals surface area contributed by atoms with Crippen molar-refractivity contribution in [1.82, 2.24) is 5.32 Å². The summed E-state index contributed by atoms with van der Waals surface area (Å²) in [5.41, 5.74) is 6.17. The van der Waals surface area contributed by atoms with Gasteiger partial charge in [-0.05, 0) is 30.4 Å². The highest BCUT2D eigenvalue weighted by Crippen LogP contribution is 2.37. The van der Waals surface area contributed by atoms with Crippen molar-refractivity contribution in [2.45, 2.75) is 31.0 Å². The van der Waals surface area contributed by atoms with Crippen LogP contribution in [-0.4, -0.2) is 30.7 Å². The molecule has 4 rings (SSSR count). The number of ether oxygens (including phenoxy) is 1. The Labute approximate surface area is 124 Å². The Morgan fingerprint density at radius 2 is 2.35 bits per heavy atom. The van der Waals surface area contributed by atoms with Crippen LogP contribution in [-0.2, 0) is 4.74 Å². The SMILES string of the molecule is NC1C2CCCOC2C1NC(=O)c1cc2sccc2s1. The molecule has 2 aliphatic rings. The zero-order valence-corrected chi connectivity index (χ0v) is 12.5. The van der Waals surface area contributed by atoms with Crippen molar-refractivity contribution >= 4 is 38.0 Å². The zero-order valence-electron chi connectivity index (χ0n) is 10.9. The molecule has 0 spiro atoms. The molecule has 4 unspecified atom stereocenters. The van der Waals surface area contributed by atoms with Gasteiger partial charge >= 0.3 is 0 Å². The van der Waals surface area contributed by atoms with E-state index in [-0.39, 0.29) is 24.1 Å². The van der Waals surface area contributed by atoms with Gasteiger partial charge in [0, 0.05) is 28.0 Å². The lowest BCUT2D eigenvalue weighted by atomic mass is 9.68. The van der Waals surface area contributed by atoms with Gasteiger partial charge in [0.15, 0.2) is 0 Å². The van der Waals surface area contributed by atoms with E-state index in [1.54, 1.807) is 11.3 Å². The second-order valence-electron chi connectivity index (χ2n) is 5.48. The molecule has 1 saturated heterocycles. The molecule has 4 nitrogen and oxygen atoms in total. The van der Waals surface area contributed by atoms with E-state index < -0.39 is 0 Å². The fourth-order valence-corrected chi connectivity index (χ4v) is 5.24. The first kappa shape index (κ1) is 12.8. The maximum absolute atomic E-state index is 12.3. The number of amides is 1. The summed E-state index contributed by atoms with van der Waals surface area (Å²) in [6.45, 7) is 0.787. The molecule has 1 amide bonds. The third-order valence-corrected chi connectivity index (χ3v) is 6.43. The summed E-state index contributed by atoms with van der Waals surface area (Å²) in [7, 11) is 0. The molecule has 0 radical (unpaired) electrons. The van der Waals surface area contributed by atoms with E-state index in [2.05, 4.69) is 11.4 Å². The maximum atomic E-state index is 12.3. The minimum atomic E-state index is -0.0343. The lowest BCUT2D eigenvalue weighted by Gasteiger charge is -2.52. The van der Waals surface area contributed by atoms with Crippen LogP contribution in [0.15, 0.2) is 17.5 Å². The number of hydrogen-bond donors (Lipinski definition) is 2. The van der Waals surface area contributed by atoms with Gasteiger partial charge in [-0.1, -0.05) is 0 Å². The van der Waals surface area contributed by atoms with Gasteiger partial charge in [-0.2, -0.15) is 0 Å². The fourth-order valence-electron chi connectivity index (χ4n) is 3.23. The maximum Gasteiger partial charge on any atom is 0.261 e. The number of rotatable bonds is 2. The highest BCUT2D eigenvalue weighted by atomic mass is 32.1. The van der Waals surface area contributed by atoms with Crippen molar-refractivity contribution in [2.24, 2.45) is 11.7 Å². The monoisotopic (exact) mass is 308 g/mol. The molecule has 1 saturated carbocycles. The summed E-state index contributed by atoms with van der Waals surface area (Å²) >= 11 is 3.20. The predicted octanol–water partition coefficient (Wildman–Crippen LogP) is 2.20. The van der Waals surface area contributed by atoms with E-state index in [1.165, 1.54) is 20.7 Å². The molecular formula is C14H16N2O2S2. The molecule has 4 atom stereocenters. The summed E-state index contributed by atoms with van der Waals surface area (Å²) < 4.78 is 8.09. The molecule has 2 aromatic rings. The Kier molecular flexibility index (Phi) is 3.07. The van der Waals surface area contributed by atoms with E-state index in [0.717, 1.165) is 24.3 Å². The minimum absolute atomic E-state index is 0.0218. The van der Waals surface area contributed by atoms with Crippen molar-refractivity contribution in [1.29, 1.82) is 0 Å². The van der Waals surface area contributed by atoms with Crippen molar-refractivity contribution in [2.75, 3.05) is 6.61 Å². The lowest BCUT2D eigenvalue weighted by molar-refractivity contribution is -0.117. The number of hydrogen-bond acceptors (Lipinski definition) is 5. The van der Waals surface area contributed by atoms with Gasteiger partial charge in [0.2, 0.25) is 0 Å². The molecular weight excluding hydrogens is 292 g/mol. The molecule has 3 heterocycles. The van der Waals surface area contributed by atoms with Gasteiger partial charge in [0.1, 0.15) is 0 Å².